The summed E-state index contributed by atoms with van der Waals surface area (Å²) in [5, 5.41) is 12.9. The lowest BCUT2D eigenvalue weighted by Crippen LogP contribution is -2.37. The summed E-state index contributed by atoms with van der Waals surface area (Å²) in [6.07, 6.45) is 2.55. The molecule has 7 nitrogen and oxygen atoms in total. The van der Waals surface area contributed by atoms with Crippen molar-refractivity contribution in [2.24, 2.45) is 0 Å². The van der Waals surface area contributed by atoms with Gasteiger partial charge >= 0.3 is 0 Å². The molecule has 0 aromatic heterocycles. The predicted octanol–water partition coefficient (Wildman–Crippen LogP) is 3.37. The Labute approximate surface area is 159 Å². The van der Waals surface area contributed by atoms with E-state index in [1.54, 1.807) is 13.0 Å². The van der Waals surface area contributed by atoms with Crippen LogP contribution in [0.4, 0.5) is 20.2 Å². The minimum Gasteiger partial charge on any atom is -0.330 e. The number of anilines is 1. The number of non-ortho nitro benzene ring substituents is 1. The third kappa shape index (κ3) is 5.44. The third-order valence-corrected chi connectivity index (χ3v) is 3.75. The average molecular weight is 389 g/mol. The molecule has 0 saturated heterocycles. The molecule has 9 heteroatoms. The molecule has 0 unspecified atom stereocenters. The quantitative estimate of drug-likeness (QED) is 0.446. The molecule has 0 atom stereocenters. The van der Waals surface area contributed by atoms with Gasteiger partial charge in [-0.25, -0.2) is 8.78 Å². The number of nitrogens with one attached hydrogen (secondary N) is 1. The SMILES string of the molecule is CCN(CC(=O)Nc1c(F)cccc1F)C(=O)/C=C/c1cccc([N+](=O)[O-])c1. The Hall–Kier alpha value is -3.62. The molecule has 0 fully saturated rings. The summed E-state index contributed by atoms with van der Waals surface area (Å²) < 4.78 is 27.2. The molecule has 0 spiro atoms. The fraction of sp³-hybridized carbons (Fsp3) is 0.158. The minimum absolute atomic E-state index is 0.117. The highest BCUT2D eigenvalue weighted by Crippen LogP contribution is 2.18. The molecule has 2 aromatic carbocycles. The van der Waals surface area contributed by atoms with Crippen molar-refractivity contribution in [2.45, 2.75) is 6.92 Å². The van der Waals surface area contributed by atoms with Crippen LogP contribution in [-0.2, 0) is 9.59 Å². The number of halogens is 2. The zero-order valence-corrected chi connectivity index (χ0v) is 14.9. The van der Waals surface area contributed by atoms with Gasteiger partial charge in [0.25, 0.3) is 5.69 Å². The molecular weight excluding hydrogens is 372 g/mol. The molecular formula is C19H17F2N3O4. The van der Waals surface area contributed by atoms with Crippen LogP contribution in [0, 0.1) is 21.7 Å². The molecule has 0 aliphatic carbocycles. The number of likely N-dealkylation sites (N-methyl/N-ethyl adjacent to an activating group) is 1. The number of amides is 2. The van der Waals surface area contributed by atoms with Crippen LogP contribution in [0.15, 0.2) is 48.5 Å². The number of nitro groups is 1. The number of nitro benzene ring substituents is 1. The van der Waals surface area contributed by atoms with Crippen LogP contribution in [0.25, 0.3) is 6.08 Å². The molecule has 1 N–H and O–H groups in total. The van der Waals surface area contributed by atoms with E-state index in [4.69, 9.17) is 0 Å². The van der Waals surface area contributed by atoms with E-state index in [9.17, 15) is 28.5 Å². The summed E-state index contributed by atoms with van der Waals surface area (Å²) in [5.74, 6) is -3.14. The third-order valence-electron chi connectivity index (χ3n) is 3.75. The highest BCUT2D eigenvalue weighted by molar-refractivity contribution is 5.98. The van der Waals surface area contributed by atoms with Crippen molar-refractivity contribution < 1.29 is 23.3 Å². The molecule has 0 heterocycles. The Bertz CT molecular complexity index is 911. The van der Waals surface area contributed by atoms with Gasteiger partial charge in [0.1, 0.15) is 23.9 Å². The summed E-state index contributed by atoms with van der Waals surface area (Å²) >= 11 is 0. The van der Waals surface area contributed by atoms with Gasteiger partial charge in [-0.05, 0) is 30.7 Å². The van der Waals surface area contributed by atoms with Gasteiger partial charge in [-0.1, -0.05) is 18.2 Å². The number of nitrogens with zero attached hydrogens (tertiary/aromatic N) is 2. The lowest BCUT2D eigenvalue weighted by Gasteiger charge is -2.18. The molecule has 2 aromatic rings. The van der Waals surface area contributed by atoms with Crippen LogP contribution in [0.2, 0.25) is 0 Å². The van der Waals surface area contributed by atoms with Crippen LogP contribution < -0.4 is 5.32 Å². The number of para-hydroxylation sites is 1. The normalized spacial score (nSPS) is 10.7. The highest BCUT2D eigenvalue weighted by atomic mass is 19.1. The fourth-order valence-corrected chi connectivity index (χ4v) is 2.33. The van der Waals surface area contributed by atoms with Gasteiger partial charge in [0.2, 0.25) is 11.8 Å². The van der Waals surface area contributed by atoms with Crippen molar-refractivity contribution in [1.82, 2.24) is 4.90 Å². The van der Waals surface area contributed by atoms with Crippen molar-refractivity contribution in [3.05, 3.63) is 75.9 Å². The largest absolute Gasteiger partial charge is 0.330 e. The van der Waals surface area contributed by atoms with Crippen molar-refractivity contribution in [3.8, 4) is 0 Å². The summed E-state index contributed by atoms with van der Waals surface area (Å²) in [6.45, 7) is 1.39. The minimum atomic E-state index is -0.923. The van der Waals surface area contributed by atoms with Crippen LogP contribution in [0.5, 0.6) is 0 Å². The Morgan fingerprint density at radius 2 is 1.82 bits per heavy atom. The van der Waals surface area contributed by atoms with E-state index < -0.39 is 40.6 Å². The molecule has 146 valence electrons. The van der Waals surface area contributed by atoms with E-state index >= 15 is 0 Å². The predicted molar refractivity (Wildman–Crippen MR) is 99.4 cm³/mol. The molecule has 2 rings (SSSR count). The van der Waals surface area contributed by atoms with E-state index in [2.05, 4.69) is 5.32 Å². The van der Waals surface area contributed by atoms with Gasteiger partial charge in [0, 0.05) is 24.8 Å². The van der Waals surface area contributed by atoms with E-state index in [0.29, 0.717) is 5.56 Å². The van der Waals surface area contributed by atoms with E-state index in [-0.39, 0.29) is 12.2 Å². The number of benzene rings is 2. The average Bonchev–Trinajstić information content (AvgIpc) is 2.67. The first-order valence-electron chi connectivity index (χ1n) is 8.27. The summed E-state index contributed by atoms with van der Waals surface area (Å²) in [7, 11) is 0. The lowest BCUT2D eigenvalue weighted by molar-refractivity contribution is -0.384. The molecule has 0 bridgehead atoms. The molecule has 28 heavy (non-hydrogen) atoms. The maximum Gasteiger partial charge on any atom is 0.270 e. The van der Waals surface area contributed by atoms with Crippen LogP contribution >= 0.6 is 0 Å². The molecule has 0 aliphatic rings. The summed E-state index contributed by atoms with van der Waals surface area (Å²) in [5.41, 5.74) is -0.257. The lowest BCUT2D eigenvalue weighted by atomic mass is 10.2. The number of hydrogen-bond acceptors (Lipinski definition) is 4. The van der Waals surface area contributed by atoms with Crippen LogP contribution in [0.1, 0.15) is 12.5 Å². The van der Waals surface area contributed by atoms with E-state index in [1.165, 1.54) is 36.4 Å². The van der Waals surface area contributed by atoms with E-state index in [0.717, 1.165) is 17.0 Å². The summed E-state index contributed by atoms with van der Waals surface area (Å²) in [6, 6.07) is 8.86. The van der Waals surface area contributed by atoms with Gasteiger partial charge in [-0.3, -0.25) is 19.7 Å². The second kappa shape index (κ2) is 9.36. The van der Waals surface area contributed by atoms with Gasteiger partial charge in [-0.2, -0.15) is 0 Å². The Kier molecular flexibility index (Phi) is 6.91. The van der Waals surface area contributed by atoms with Gasteiger partial charge in [0.15, 0.2) is 0 Å². The second-order valence-corrected chi connectivity index (χ2v) is 5.68. The maximum absolute atomic E-state index is 13.6. The molecule has 0 radical (unpaired) electrons. The summed E-state index contributed by atoms with van der Waals surface area (Å²) in [4.78, 5) is 35.7. The highest BCUT2D eigenvalue weighted by Gasteiger charge is 2.16. The van der Waals surface area contributed by atoms with Crippen LogP contribution in [0.3, 0.4) is 0 Å². The fourth-order valence-electron chi connectivity index (χ4n) is 2.33. The molecule has 0 saturated carbocycles. The van der Waals surface area contributed by atoms with E-state index in [1.807, 2.05) is 0 Å². The topological polar surface area (TPSA) is 92.6 Å². The number of hydrogen-bond donors (Lipinski definition) is 1. The van der Waals surface area contributed by atoms with Crippen molar-refractivity contribution in [2.75, 3.05) is 18.4 Å². The maximum atomic E-state index is 13.6. The van der Waals surface area contributed by atoms with Gasteiger partial charge in [0.05, 0.1) is 4.92 Å². The smallest absolute Gasteiger partial charge is 0.270 e. The Morgan fingerprint density at radius 1 is 1.18 bits per heavy atom. The van der Waals surface area contributed by atoms with Crippen molar-refractivity contribution in [1.29, 1.82) is 0 Å². The van der Waals surface area contributed by atoms with Gasteiger partial charge < -0.3 is 10.2 Å². The van der Waals surface area contributed by atoms with Crippen molar-refractivity contribution >= 4 is 29.3 Å². The first-order valence-corrected chi connectivity index (χ1v) is 8.27. The molecule has 0 aliphatic heterocycles. The van der Waals surface area contributed by atoms with Crippen molar-refractivity contribution in [3.63, 3.8) is 0 Å². The standard InChI is InChI=1S/C19H17F2N3O4/c1-2-23(12-17(25)22-19-15(20)7-4-8-16(19)21)18(26)10-9-13-5-3-6-14(11-13)24(27)28/h3-11H,2,12H2,1H3,(H,22,25)/b10-9+. The Balaban J connectivity index is 2.04. The van der Waals surface area contributed by atoms with Gasteiger partial charge in [-0.15, -0.1) is 0 Å². The first kappa shape index (κ1) is 20.7. The first-order chi connectivity index (χ1) is 13.3. The Morgan fingerprint density at radius 3 is 2.43 bits per heavy atom. The monoisotopic (exact) mass is 389 g/mol. The molecule has 2 amide bonds. The number of carbonyl (C=O) groups is 2. The zero-order valence-electron chi connectivity index (χ0n) is 14.9. The zero-order chi connectivity index (χ0) is 20.7. The number of carbonyl (C=O) groups excluding carboxylic acids is 2. The number of rotatable bonds is 7. The second-order valence-electron chi connectivity index (χ2n) is 5.68. The van der Waals surface area contributed by atoms with Crippen LogP contribution in [-0.4, -0.2) is 34.7 Å².